The monoisotopic (exact) mass is 356 g/mol. The van der Waals surface area contributed by atoms with Crippen molar-refractivity contribution in [2.45, 2.75) is 12.5 Å². The minimum atomic E-state index is -0.789. The van der Waals surface area contributed by atoms with Crippen LogP contribution in [0.15, 0.2) is 44.9 Å². The number of allylic oxidation sites excluding steroid dienone is 1. The highest BCUT2D eigenvalue weighted by atomic mass is 16.5. The van der Waals surface area contributed by atoms with E-state index < -0.39 is 18.0 Å². The molecular formula is C18H16N2O6. The SMILES string of the molecule is COc1ccc([C@@H]2C(C#N)=C(N)Oc3c2oc(CO)cc3=O)cc1OC. The number of benzene rings is 1. The summed E-state index contributed by atoms with van der Waals surface area (Å²) in [7, 11) is 2.99. The van der Waals surface area contributed by atoms with E-state index in [-0.39, 0.29) is 28.7 Å². The first-order valence-corrected chi connectivity index (χ1v) is 7.61. The van der Waals surface area contributed by atoms with Crippen LogP contribution in [0.1, 0.15) is 23.0 Å². The summed E-state index contributed by atoms with van der Waals surface area (Å²) in [6.45, 7) is -0.470. The molecule has 3 N–H and O–H groups in total. The standard InChI is InChI=1S/C18H16N2O6/c1-23-13-4-3-9(5-14(13)24-2)15-11(7-19)18(20)26-16-12(22)6-10(8-21)25-17(15)16/h3-6,15,21H,8,20H2,1-2H3/t15-/m1/s1. The molecule has 8 heteroatoms. The molecule has 134 valence electrons. The number of nitriles is 1. The van der Waals surface area contributed by atoms with Crippen molar-refractivity contribution in [3.8, 4) is 23.3 Å². The molecule has 0 bridgehead atoms. The summed E-state index contributed by atoms with van der Waals surface area (Å²) in [5, 5.41) is 18.9. The van der Waals surface area contributed by atoms with Gasteiger partial charge in [0.05, 0.1) is 20.1 Å². The smallest absolute Gasteiger partial charge is 0.228 e. The molecular weight excluding hydrogens is 340 g/mol. The Morgan fingerprint density at radius 2 is 2.00 bits per heavy atom. The van der Waals surface area contributed by atoms with Crippen molar-refractivity contribution in [3.63, 3.8) is 0 Å². The molecule has 1 aromatic carbocycles. The van der Waals surface area contributed by atoms with Gasteiger partial charge in [0.1, 0.15) is 24.0 Å². The number of nitrogens with two attached hydrogens (primary N) is 1. The lowest BCUT2D eigenvalue weighted by Crippen LogP contribution is -2.25. The molecule has 0 saturated heterocycles. The summed E-state index contributed by atoms with van der Waals surface area (Å²) >= 11 is 0. The molecule has 1 aliphatic rings. The van der Waals surface area contributed by atoms with Crippen LogP contribution < -0.4 is 25.4 Å². The summed E-state index contributed by atoms with van der Waals surface area (Å²) in [5.41, 5.74) is 6.02. The second-order valence-electron chi connectivity index (χ2n) is 5.47. The number of ether oxygens (including phenoxy) is 3. The first-order valence-electron chi connectivity index (χ1n) is 7.61. The van der Waals surface area contributed by atoms with E-state index in [2.05, 4.69) is 0 Å². The van der Waals surface area contributed by atoms with Crippen LogP contribution in [0.5, 0.6) is 17.2 Å². The third kappa shape index (κ3) is 2.74. The van der Waals surface area contributed by atoms with Crippen LogP contribution in [0.3, 0.4) is 0 Å². The highest BCUT2D eigenvalue weighted by Crippen LogP contribution is 2.43. The fraction of sp³-hybridized carbons (Fsp3) is 0.222. The Hall–Kier alpha value is -3.44. The van der Waals surface area contributed by atoms with Crippen molar-refractivity contribution < 1.29 is 23.7 Å². The van der Waals surface area contributed by atoms with Gasteiger partial charge in [0, 0.05) is 6.07 Å². The fourth-order valence-corrected chi connectivity index (χ4v) is 2.83. The van der Waals surface area contributed by atoms with Crippen molar-refractivity contribution in [1.82, 2.24) is 0 Å². The second-order valence-corrected chi connectivity index (χ2v) is 5.47. The number of methoxy groups -OCH3 is 2. The highest BCUT2D eigenvalue weighted by molar-refractivity contribution is 5.55. The van der Waals surface area contributed by atoms with Gasteiger partial charge in [-0.05, 0) is 17.7 Å². The van der Waals surface area contributed by atoms with Gasteiger partial charge in [0.15, 0.2) is 17.3 Å². The maximum Gasteiger partial charge on any atom is 0.228 e. The van der Waals surface area contributed by atoms with Gasteiger partial charge in [-0.15, -0.1) is 0 Å². The van der Waals surface area contributed by atoms with Gasteiger partial charge >= 0.3 is 0 Å². The molecule has 8 nitrogen and oxygen atoms in total. The molecule has 0 spiro atoms. The van der Waals surface area contributed by atoms with E-state index in [1.807, 2.05) is 6.07 Å². The van der Waals surface area contributed by atoms with E-state index >= 15 is 0 Å². The van der Waals surface area contributed by atoms with Gasteiger partial charge in [0.2, 0.25) is 17.1 Å². The maximum atomic E-state index is 12.3. The zero-order valence-electron chi connectivity index (χ0n) is 14.1. The Labute approximate surface area is 148 Å². The molecule has 0 fully saturated rings. The summed E-state index contributed by atoms with van der Waals surface area (Å²) < 4.78 is 21.5. The van der Waals surface area contributed by atoms with Crippen LogP contribution >= 0.6 is 0 Å². The van der Waals surface area contributed by atoms with Crippen molar-refractivity contribution >= 4 is 0 Å². The Balaban J connectivity index is 2.27. The molecule has 1 aliphatic heterocycles. The lowest BCUT2D eigenvalue weighted by molar-refractivity contribution is 0.231. The number of nitrogens with zero attached hydrogens (tertiary/aromatic N) is 1. The van der Waals surface area contributed by atoms with E-state index in [1.165, 1.54) is 14.2 Å². The minimum absolute atomic E-state index is 0.0561. The molecule has 0 amide bonds. The second kappa shape index (κ2) is 6.82. The van der Waals surface area contributed by atoms with Crippen LogP contribution in [0, 0.1) is 11.3 Å². The summed E-state index contributed by atoms with van der Waals surface area (Å²) in [5.74, 6) is 0.0179. The van der Waals surface area contributed by atoms with Gasteiger partial charge in [-0.2, -0.15) is 5.26 Å². The van der Waals surface area contributed by atoms with Crippen LogP contribution in [-0.2, 0) is 6.61 Å². The number of fused-ring (bicyclic) bond motifs is 1. The van der Waals surface area contributed by atoms with Crippen LogP contribution in [0.4, 0.5) is 0 Å². The average Bonchev–Trinajstić information content (AvgIpc) is 2.66. The predicted octanol–water partition coefficient (Wildman–Crippen LogP) is 1.37. The van der Waals surface area contributed by atoms with E-state index in [9.17, 15) is 15.2 Å². The number of hydrogen-bond acceptors (Lipinski definition) is 8. The number of rotatable bonds is 4. The summed E-state index contributed by atoms with van der Waals surface area (Å²) in [6.07, 6.45) is 0. The van der Waals surface area contributed by atoms with Gasteiger partial charge in [-0.1, -0.05) is 6.07 Å². The summed E-state index contributed by atoms with van der Waals surface area (Å²) in [4.78, 5) is 12.3. The van der Waals surface area contributed by atoms with Gasteiger partial charge < -0.3 is 29.5 Å². The van der Waals surface area contributed by atoms with E-state index in [1.54, 1.807) is 18.2 Å². The molecule has 0 aliphatic carbocycles. The van der Waals surface area contributed by atoms with Gasteiger partial charge in [-0.25, -0.2) is 0 Å². The molecule has 2 aromatic rings. The van der Waals surface area contributed by atoms with Crippen molar-refractivity contribution in [2.75, 3.05) is 14.2 Å². The Kier molecular flexibility index (Phi) is 4.56. The minimum Gasteiger partial charge on any atom is -0.493 e. The number of aliphatic hydroxyl groups excluding tert-OH is 1. The molecule has 2 heterocycles. The van der Waals surface area contributed by atoms with Crippen molar-refractivity contribution in [2.24, 2.45) is 5.73 Å². The predicted molar refractivity (Wildman–Crippen MR) is 89.7 cm³/mol. The molecule has 0 radical (unpaired) electrons. The molecule has 26 heavy (non-hydrogen) atoms. The van der Waals surface area contributed by atoms with Crippen molar-refractivity contribution in [3.05, 3.63) is 63.0 Å². The summed E-state index contributed by atoms with van der Waals surface area (Å²) in [6, 6.07) is 8.16. The topological polar surface area (TPSA) is 128 Å². The Morgan fingerprint density at radius 1 is 1.27 bits per heavy atom. The van der Waals surface area contributed by atoms with Gasteiger partial charge in [0.25, 0.3) is 0 Å². The van der Waals surface area contributed by atoms with Crippen LogP contribution in [0.2, 0.25) is 0 Å². The first-order chi connectivity index (χ1) is 12.5. The Morgan fingerprint density at radius 3 is 2.62 bits per heavy atom. The van der Waals surface area contributed by atoms with E-state index in [0.29, 0.717) is 17.1 Å². The zero-order valence-corrected chi connectivity index (χ0v) is 14.1. The molecule has 0 unspecified atom stereocenters. The Bertz CT molecular complexity index is 986. The molecule has 1 aromatic heterocycles. The molecule has 3 rings (SSSR count). The fourth-order valence-electron chi connectivity index (χ4n) is 2.83. The maximum absolute atomic E-state index is 12.3. The van der Waals surface area contributed by atoms with E-state index in [0.717, 1.165) is 6.07 Å². The lowest BCUT2D eigenvalue weighted by atomic mass is 9.87. The largest absolute Gasteiger partial charge is 0.493 e. The lowest BCUT2D eigenvalue weighted by Gasteiger charge is -2.25. The first kappa shape index (κ1) is 17.4. The molecule has 0 saturated carbocycles. The van der Waals surface area contributed by atoms with Crippen LogP contribution in [-0.4, -0.2) is 19.3 Å². The number of hydrogen-bond donors (Lipinski definition) is 2. The van der Waals surface area contributed by atoms with Crippen LogP contribution in [0.25, 0.3) is 0 Å². The quantitative estimate of drug-likeness (QED) is 0.840. The average molecular weight is 356 g/mol. The van der Waals surface area contributed by atoms with Crippen molar-refractivity contribution in [1.29, 1.82) is 5.26 Å². The van der Waals surface area contributed by atoms with Gasteiger partial charge in [-0.3, -0.25) is 4.79 Å². The highest BCUT2D eigenvalue weighted by Gasteiger charge is 2.35. The normalized spacial score (nSPS) is 15.7. The third-order valence-corrected chi connectivity index (χ3v) is 4.03. The third-order valence-electron chi connectivity index (χ3n) is 4.03. The zero-order chi connectivity index (χ0) is 18.8. The number of aliphatic hydroxyl groups is 1. The van der Waals surface area contributed by atoms with E-state index in [4.69, 9.17) is 24.4 Å². The molecule has 1 atom stereocenters.